The van der Waals surface area contributed by atoms with Crippen LogP contribution in [0.4, 0.5) is 0 Å². The van der Waals surface area contributed by atoms with E-state index in [2.05, 4.69) is 21.6 Å². The number of nitrogens with one attached hydrogen (secondary N) is 1. The van der Waals surface area contributed by atoms with Crippen molar-refractivity contribution in [1.82, 2.24) is 15.5 Å². The van der Waals surface area contributed by atoms with E-state index in [1.807, 2.05) is 24.3 Å². The molecule has 1 aliphatic heterocycles. The minimum atomic E-state index is 0.422. The van der Waals surface area contributed by atoms with Gasteiger partial charge >= 0.3 is 0 Å². The number of halogens is 1. The fourth-order valence-corrected chi connectivity index (χ4v) is 4.62. The zero-order valence-electron chi connectivity index (χ0n) is 13.7. The van der Waals surface area contributed by atoms with E-state index in [0.29, 0.717) is 16.6 Å². The lowest BCUT2D eigenvalue weighted by Gasteiger charge is -2.22. The molecule has 1 unspecified atom stereocenters. The summed E-state index contributed by atoms with van der Waals surface area (Å²) >= 11 is 7.58. The number of aromatic nitrogens is 2. The fraction of sp³-hybridized carbons (Fsp3) is 0.316. The highest BCUT2D eigenvalue weighted by Crippen LogP contribution is 2.36. The molecule has 0 aliphatic carbocycles. The lowest BCUT2D eigenvalue weighted by molar-refractivity contribution is 0.112. The number of aldehydes is 1. The molecular formula is C19H18ClN3OS. The van der Waals surface area contributed by atoms with Crippen LogP contribution in [0.25, 0.3) is 20.5 Å². The number of fused-ring (bicyclic) bond motifs is 1. The summed E-state index contributed by atoms with van der Waals surface area (Å²) < 4.78 is 0.925. The summed E-state index contributed by atoms with van der Waals surface area (Å²) in [5.41, 5.74) is 2.50. The second-order valence-electron chi connectivity index (χ2n) is 6.43. The van der Waals surface area contributed by atoms with Crippen molar-refractivity contribution in [1.29, 1.82) is 0 Å². The maximum atomic E-state index is 11.4. The second kappa shape index (κ2) is 7.20. The number of carbonyl (C=O) groups excluding carboxylic acids is 1. The molecule has 1 aromatic carbocycles. The highest BCUT2D eigenvalue weighted by Gasteiger charge is 2.19. The van der Waals surface area contributed by atoms with Crippen LogP contribution >= 0.6 is 22.9 Å². The quantitative estimate of drug-likeness (QED) is 0.692. The van der Waals surface area contributed by atoms with Crippen LogP contribution in [0.5, 0.6) is 0 Å². The summed E-state index contributed by atoms with van der Waals surface area (Å²) in [6.07, 6.45) is 4.10. The van der Waals surface area contributed by atoms with Crippen molar-refractivity contribution >= 4 is 39.3 Å². The predicted molar refractivity (Wildman–Crippen MR) is 103 cm³/mol. The molecule has 25 heavy (non-hydrogen) atoms. The fourth-order valence-electron chi connectivity index (χ4n) is 3.37. The number of thiophene rings is 1. The van der Waals surface area contributed by atoms with Gasteiger partial charge in [-0.25, -0.2) is 0 Å². The van der Waals surface area contributed by atoms with Gasteiger partial charge in [0.25, 0.3) is 0 Å². The first-order valence-corrected chi connectivity index (χ1v) is 9.65. The molecule has 1 N–H and O–H groups in total. The van der Waals surface area contributed by atoms with Gasteiger partial charge in [-0.2, -0.15) is 5.10 Å². The van der Waals surface area contributed by atoms with Crippen molar-refractivity contribution in [3.63, 3.8) is 0 Å². The second-order valence-corrected chi connectivity index (χ2v) is 7.92. The zero-order chi connectivity index (χ0) is 17.2. The summed E-state index contributed by atoms with van der Waals surface area (Å²) in [5.74, 6) is 0.576. The van der Waals surface area contributed by atoms with Crippen molar-refractivity contribution in [2.45, 2.75) is 19.3 Å². The number of hydrogen-bond donors (Lipinski definition) is 1. The molecule has 0 saturated carbocycles. The molecular weight excluding hydrogens is 354 g/mol. The van der Waals surface area contributed by atoms with Gasteiger partial charge in [0.05, 0.1) is 10.4 Å². The molecule has 1 fully saturated rings. The Kier molecular flexibility index (Phi) is 4.79. The van der Waals surface area contributed by atoms with Crippen LogP contribution in [0.3, 0.4) is 0 Å². The number of benzene rings is 1. The van der Waals surface area contributed by atoms with E-state index in [9.17, 15) is 4.79 Å². The first-order chi connectivity index (χ1) is 12.2. The van der Waals surface area contributed by atoms with Gasteiger partial charge in [-0.15, -0.1) is 16.4 Å². The maximum Gasteiger partial charge on any atom is 0.171 e. The Morgan fingerprint density at radius 3 is 2.84 bits per heavy atom. The number of carbonyl (C=O) groups is 1. The van der Waals surface area contributed by atoms with Gasteiger partial charge in [-0.1, -0.05) is 23.7 Å². The zero-order valence-corrected chi connectivity index (χ0v) is 15.2. The van der Waals surface area contributed by atoms with E-state index in [-0.39, 0.29) is 0 Å². The topological polar surface area (TPSA) is 54.9 Å². The van der Waals surface area contributed by atoms with Crippen molar-refractivity contribution in [3.8, 4) is 10.4 Å². The van der Waals surface area contributed by atoms with Crippen molar-refractivity contribution in [2.24, 2.45) is 5.92 Å². The molecule has 0 bridgehead atoms. The molecule has 4 rings (SSSR count). The molecule has 4 nitrogen and oxygen atoms in total. The van der Waals surface area contributed by atoms with Crippen molar-refractivity contribution in [3.05, 3.63) is 46.7 Å². The summed E-state index contributed by atoms with van der Waals surface area (Å²) in [7, 11) is 0. The molecule has 128 valence electrons. The van der Waals surface area contributed by atoms with Crippen LogP contribution in [-0.4, -0.2) is 29.6 Å². The van der Waals surface area contributed by atoms with E-state index >= 15 is 0 Å². The standard InChI is InChI=1S/C19H18ClN3OS/c20-14-5-3-13(4-6-14)18-9-15-16(8-12-2-1-7-21-10-12)22-23-17(11-24)19(15)25-18/h3-6,9,11-12,21H,1-2,7-8,10H2. The third kappa shape index (κ3) is 3.45. The van der Waals surface area contributed by atoms with E-state index in [0.717, 1.165) is 52.0 Å². The summed E-state index contributed by atoms with van der Waals surface area (Å²) in [6.45, 7) is 2.12. The molecule has 2 aromatic heterocycles. The monoisotopic (exact) mass is 371 g/mol. The Labute approximate surface area is 155 Å². The average molecular weight is 372 g/mol. The first kappa shape index (κ1) is 16.6. The highest BCUT2D eigenvalue weighted by molar-refractivity contribution is 7.22. The van der Waals surface area contributed by atoms with Crippen LogP contribution in [-0.2, 0) is 6.42 Å². The Morgan fingerprint density at radius 2 is 2.12 bits per heavy atom. The summed E-state index contributed by atoms with van der Waals surface area (Å²) in [4.78, 5) is 12.5. The molecule has 3 aromatic rings. The molecule has 0 radical (unpaired) electrons. The van der Waals surface area contributed by atoms with Crippen molar-refractivity contribution < 1.29 is 4.79 Å². The van der Waals surface area contributed by atoms with Gasteiger partial charge in [0.2, 0.25) is 0 Å². The lowest BCUT2D eigenvalue weighted by Crippen LogP contribution is -2.31. The van der Waals surface area contributed by atoms with Crippen LogP contribution in [0.1, 0.15) is 29.0 Å². The van der Waals surface area contributed by atoms with Gasteiger partial charge in [0.15, 0.2) is 6.29 Å². The maximum absolute atomic E-state index is 11.4. The van der Waals surface area contributed by atoms with Crippen LogP contribution in [0, 0.1) is 5.92 Å². The van der Waals surface area contributed by atoms with Gasteiger partial charge in [-0.05, 0) is 62.0 Å². The van der Waals surface area contributed by atoms with Crippen LogP contribution in [0.2, 0.25) is 5.02 Å². The Balaban J connectivity index is 1.76. The van der Waals surface area contributed by atoms with Gasteiger partial charge in [0.1, 0.15) is 5.69 Å². The molecule has 1 aliphatic rings. The Bertz CT molecular complexity index is 901. The van der Waals surface area contributed by atoms with Gasteiger partial charge < -0.3 is 5.32 Å². The molecule has 0 amide bonds. The highest BCUT2D eigenvalue weighted by atomic mass is 35.5. The lowest BCUT2D eigenvalue weighted by atomic mass is 9.93. The smallest absolute Gasteiger partial charge is 0.171 e. The minimum absolute atomic E-state index is 0.422. The van der Waals surface area contributed by atoms with E-state index < -0.39 is 0 Å². The SMILES string of the molecule is O=Cc1nnc(CC2CCCNC2)c2cc(-c3ccc(Cl)cc3)sc12. The average Bonchev–Trinajstić information content (AvgIpc) is 3.09. The Hall–Kier alpha value is -1.82. The predicted octanol–water partition coefficient (Wildman–Crippen LogP) is 4.37. The van der Waals surface area contributed by atoms with E-state index in [4.69, 9.17) is 11.6 Å². The van der Waals surface area contributed by atoms with E-state index in [1.165, 1.54) is 12.8 Å². The van der Waals surface area contributed by atoms with Crippen LogP contribution < -0.4 is 5.32 Å². The molecule has 1 atom stereocenters. The normalized spacial score (nSPS) is 17.7. The first-order valence-electron chi connectivity index (χ1n) is 8.45. The molecule has 6 heteroatoms. The van der Waals surface area contributed by atoms with Gasteiger partial charge in [-0.3, -0.25) is 4.79 Å². The minimum Gasteiger partial charge on any atom is -0.316 e. The van der Waals surface area contributed by atoms with Crippen LogP contribution in [0.15, 0.2) is 30.3 Å². The largest absolute Gasteiger partial charge is 0.316 e. The molecule has 3 heterocycles. The third-order valence-corrected chi connectivity index (χ3v) is 6.13. The number of hydrogen-bond acceptors (Lipinski definition) is 5. The van der Waals surface area contributed by atoms with Crippen molar-refractivity contribution in [2.75, 3.05) is 13.1 Å². The molecule has 1 saturated heterocycles. The molecule has 0 spiro atoms. The van der Waals surface area contributed by atoms with Gasteiger partial charge in [0, 0.05) is 15.3 Å². The summed E-state index contributed by atoms with van der Waals surface area (Å²) in [5, 5.41) is 13.7. The summed E-state index contributed by atoms with van der Waals surface area (Å²) in [6, 6.07) is 9.90. The Morgan fingerprint density at radius 1 is 1.28 bits per heavy atom. The number of rotatable bonds is 4. The number of piperidine rings is 1. The third-order valence-electron chi connectivity index (χ3n) is 4.68. The van der Waals surface area contributed by atoms with E-state index in [1.54, 1.807) is 11.3 Å². The number of nitrogens with zero attached hydrogens (tertiary/aromatic N) is 2.